The molecular weight excluding hydrogens is 808 g/mol. The summed E-state index contributed by atoms with van der Waals surface area (Å²) in [6, 6.07) is 42.8. The summed E-state index contributed by atoms with van der Waals surface area (Å²) >= 11 is 9.33. The van der Waals surface area contributed by atoms with E-state index in [1.807, 2.05) is 82.7 Å². The van der Waals surface area contributed by atoms with Gasteiger partial charge in [0.15, 0.2) is 0 Å². The van der Waals surface area contributed by atoms with E-state index in [2.05, 4.69) is 96.0 Å². The Morgan fingerprint density at radius 2 is 1.55 bits per heavy atom. The van der Waals surface area contributed by atoms with Crippen molar-refractivity contribution < 1.29 is 4.92 Å². The second-order valence-electron chi connectivity index (χ2n) is 15.1. The minimum absolute atomic E-state index is 0.0539. The predicted octanol–water partition coefficient (Wildman–Crippen LogP) is 11.1. The number of hydrogen-bond acceptors (Lipinski definition) is 10. The maximum atomic E-state index is 12.2. The Hall–Kier alpha value is -5.58. The number of hydrogen-bond donors (Lipinski definition) is 2. The molecule has 0 unspecified atom stereocenters. The van der Waals surface area contributed by atoms with Crippen molar-refractivity contribution in [1.29, 1.82) is 5.26 Å². The molecule has 1 fully saturated rings. The number of piperazine rings is 1. The molecule has 1 saturated heterocycles. The Balaban J connectivity index is 0.964. The number of anilines is 4. The van der Waals surface area contributed by atoms with Crippen molar-refractivity contribution in [2.24, 2.45) is 7.05 Å². The van der Waals surface area contributed by atoms with E-state index in [1.54, 1.807) is 17.8 Å². The molecule has 1 aliphatic heterocycles. The first-order valence-corrected chi connectivity index (χ1v) is 22.1. The van der Waals surface area contributed by atoms with Gasteiger partial charge < -0.3 is 29.3 Å². The summed E-state index contributed by atoms with van der Waals surface area (Å²) in [7, 11) is 6.09. The molecular formula is C47H49ClN8O2S2. The van der Waals surface area contributed by atoms with E-state index < -0.39 is 0 Å². The minimum atomic E-state index is -0.307. The SMILES string of the molecule is Cc1c(C#N)c(-c2cccc(N3CCN(c4ccc(NSc5ccc(N[C@H](CCN(C)C)CSc6ccccc6)c([N+](=O)[O-])c5)cc4)CC3)c2)c(-c2ccc(Cl)cc2)n1C. The Morgan fingerprint density at radius 1 is 0.850 bits per heavy atom. The molecule has 0 bridgehead atoms. The monoisotopic (exact) mass is 856 g/mol. The standard InChI is InChI=1S/C47H49ClN8O2S2/c1-33-43(31-49)46(47(53(33)4)34-13-15-36(48)16-14-34)35-9-8-10-40(29-35)55-27-25-54(26-28-55)39-19-17-37(18-20-39)51-60-42-21-22-44(45(30-42)56(57)58)50-38(23-24-52(2)3)32-59-41-11-6-5-7-12-41/h5-22,29-30,38,50-51H,23-28,32H2,1-4H3/t38-/m1/s1. The molecule has 13 heteroatoms. The summed E-state index contributed by atoms with van der Waals surface area (Å²) < 4.78 is 5.47. The van der Waals surface area contributed by atoms with Gasteiger partial charge in [0.05, 0.1) is 16.2 Å². The summed E-state index contributed by atoms with van der Waals surface area (Å²) in [5, 5.41) is 26.6. The van der Waals surface area contributed by atoms with Crippen LogP contribution in [0.25, 0.3) is 22.4 Å². The maximum absolute atomic E-state index is 12.2. The third-order valence-electron chi connectivity index (χ3n) is 10.9. The third-order valence-corrected chi connectivity index (χ3v) is 13.1. The number of benzene rings is 5. The molecule has 0 spiro atoms. The summed E-state index contributed by atoms with van der Waals surface area (Å²) in [6.07, 6.45) is 0.855. The number of nitro benzene ring substituents is 1. The Morgan fingerprint density at radius 3 is 2.22 bits per heavy atom. The van der Waals surface area contributed by atoms with Crippen LogP contribution in [-0.2, 0) is 7.05 Å². The Kier molecular flexibility index (Phi) is 13.9. The smallest absolute Gasteiger partial charge is 0.293 e. The van der Waals surface area contributed by atoms with E-state index in [-0.39, 0.29) is 16.7 Å². The van der Waals surface area contributed by atoms with E-state index in [1.165, 1.54) is 16.8 Å². The second-order valence-corrected chi connectivity index (χ2v) is 17.5. The summed E-state index contributed by atoms with van der Waals surface area (Å²) in [4.78, 5) is 20.8. The van der Waals surface area contributed by atoms with Crippen molar-refractivity contribution in [2.75, 3.05) is 72.4 Å². The van der Waals surface area contributed by atoms with E-state index in [9.17, 15) is 15.4 Å². The molecule has 5 aromatic carbocycles. The number of nitrogens with one attached hydrogen (secondary N) is 2. The van der Waals surface area contributed by atoms with Gasteiger partial charge in [-0.25, -0.2) is 0 Å². The average molecular weight is 858 g/mol. The van der Waals surface area contributed by atoms with Crippen LogP contribution in [0.15, 0.2) is 131 Å². The van der Waals surface area contributed by atoms with E-state index in [4.69, 9.17) is 11.6 Å². The largest absolute Gasteiger partial charge is 0.376 e. The topological polar surface area (TPSA) is 106 Å². The first kappa shape index (κ1) is 42.5. The van der Waals surface area contributed by atoms with E-state index >= 15 is 0 Å². The first-order chi connectivity index (χ1) is 29.1. The van der Waals surface area contributed by atoms with Crippen LogP contribution in [0.3, 0.4) is 0 Å². The number of rotatable bonds is 16. The lowest BCUT2D eigenvalue weighted by molar-refractivity contribution is -0.384. The Labute approximate surface area is 366 Å². The van der Waals surface area contributed by atoms with Gasteiger partial charge in [0.25, 0.3) is 5.69 Å². The van der Waals surface area contributed by atoms with E-state index in [0.717, 1.165) is 94.9 Å². The molecule has 60 heavy (non-hydrogen) atoms. The van der Waals surface area contributed by atoms with Gasteiger partial charge in [0, 0.05) is 94.2 Å². The molecule has 10 nitrogen and oxygen atoms in total. The predicted molar refractivity (Wildman–Crippen MR) is 252 cm³/mol. The van der Waals surface area contributed by atoms with Crippen molar-refractivity contribution in [2.45, 2.75) is 29.2 Å². The third kappa shape index (κ3) is 10.2. The zero-order valence-corrected chi connectivity index (χ0v) is 36.7. The fourth-order valence-corrected chi connectivity index (χ4v) is 9.30. The molecule has 2 N–H and O–H groups in total. The zero-order chi connectivity index (χ0) is 42.2. The van der Waals surface area contributed by atoms with Gasteiger partial charge in [0.2, 0.25) is 0 Å². The number of nitrogens with zero attached hydrogens (tertiary/aromatic N) is 6. The summed E-state index contributed by atoms with van der Waals surface area (Å²) in [6.45, 7) is 6.30. The second kappa shape index (κ2) is 19.7. The van der Waals surface area contributed by atoms with Gasteiger partial charge in [-0.2, -0.15) is 5.26 Å². The van der Waals surface area contributed by atoms with Crippen LogP contribution < -0.4 is 19.8 Å². The normalized spacial score (nSPS) is 13.3. The molecule has 0 amide bonds. The van der Waals surface area contributed by atoms with Crippen molar-refractivity contribution in [3.8, 4) is 28.5 Å². The number of halogens is 1. The molecule has 6 aromatic rings. The molecule has 7 rings (SSSR count). The van der Waals surface area contributed by atoms with Gasteiger partial charge in [-0.05, 0) is 130 Å². The number of thioether (sulfide) groups is 1. The molecule has 2 heterocycles. The van der Waals surface area contributed by atoms with Crippen LogP contribution >= 0.6 is 35.3 Å². The van der Waals surface area contributed by atoms with Crippen LogP contribution in [0.4, 0.5) is 28.4 Å². The molecule has 0 aliphatic carbocycles. The lowest BCUT2D eigenvalue weighted by atomic mass is 9.97. The van der Waals surface area contributed by atoms with Crippen molar-refractivity contribution >= 4 is 63.7 Å². The molecule has 1 aliphatic rings. The van der Waals surface area contributed by atoms with Gasteiger partial charge in [-0.3, -0.25) is 10.1 Å². The lowest BCUT2D eigenvalue weighted by Crippen LogP contribution is -2.46. The zero-order valence-electron chi connectivity index (χ0n) is 34.3. The van der Waals surface area contributed by atoms with Crippen LogP contribution in [-0.4, -0.2) is 73.0 Å². The highest BCUT2D eigenvalue weighted by Crippen LogP contribution is 2.40. The molecule has 308 valence electrons. The van der Waals surface area contributed by atoms with Crippen LogP contribution in [0.1, 0.15) is 17.7 Å². The van der Waals surface area contributed by atoms with Crippen molar-refractivity contribution in [3.05, 3.63) is 148 Å². The van der Waals surface area contributed by atoms with Gasteiger partial charge in [-0.1, -0.05) is 54.1 Å². The van der Waals surface area contributed by atoms with Gasteiger partial charge >= 0.3 is 0 Å². The molecule has 0 radical (unpaired) electrons. The minimum Gasteiger partial charge on any atom is -0.376 e. The fraction of sp³-hybridized carbons (Fsp3) is 0.255. The number of nitriles is 1. The average Bonchev–Trinajstić information content (AvgIpc) is 3.53. The fourth-order valence-electron chi connectivity index (χ4n) is 7.50. The highest BCUT2D eigenvalue weighted by atomic mass is 35.5. The molecule has 0 saturated carbocycles. The van der Waals surface area contributed by atoms with Crippen LogP contribution in [0.2, 0.25) is 5.02 Å². The summed E-state index contributed by atoms with van der Waals surface area (Å²) in [5.74, 6) is 0.791. The van der Waals surface area contributed by atoms with Crippen LogP contribution in [0, 0.1) is 28.4 Å². The molecule has 1 atom stereocenters. The van der Waals surface area contributed by atoms with Crippen molar-refractivity contribution in [3.63, 3.8) is 0 Å². The van der Waals surface area contributed by atoms with Crippen LogP contribution in [0.5, 0.6) is 0 Å². The lowest BCUT2D eigenvalue weighted by Gasteiger charge is -2.37. The maximum Gasteiger partial charge on any atom is 0.293 e. The summed E-state index contributed by atoms with van der Waals surface area (Å²) in [5.41, 5.74) is 9.36. The number of nitro groups is 1. The van der Waals surface area contributed by atoms with Gasteiger partial charge in [-0.15, -0.1) is 11.8 Å². The molecule has 1 aromatic heterocycles. The first-order valence-electron chi connectivity index (χ1n) is 19.9. The van der Waals surface area contributed by atoms with E-state index in [0.29, 0.717) is 16.3 Å². The highest BCUT2D eigenvalue weighted by molar-refractivity contribution is 8.00. The Bertz CT molecular complexity index is 2450. The highest BCUT2D eigenvalue weighted by Gasteiger charge is 2.24. The number of aromatic nitrogens is 1. The van der Waals surface area contributed by atoms with Gasteiger partial charge in [0.1, 0.15) is 11.8 Å². The van der Waals surface area contributed by atoms with Crippen molar-refractivity contribution in [1.82, 2.24) is 9.47 Å². The quantitative estimate of drug-likeness (QED) is 0.0423.